The highest BCUT2D eigenvalue weighted by Crippen LogP contribution is 2.13. The molecule has 0 fully saturated rings. The highest BCUT2D eigenvalue weighted by molar-refractivity contribution is 5.83. The lowest BCUT2D eigenvalue weighted by molar-refractivity contribution is -0.125. The molecule has 5 heteroatoms. The maximum absolute atomic E-state index is 11.4. The molecule has 0 aromatic heterocycles. The molecule has 1 rings (SSSR count). The standard InChI is InChI=1S/C12H17N3O2/c1-8(10-3-5-11(13)6-4-10)15-12(17)7-14-9(2)16/h3-6,8H,7,13H2,1-2H3,(H,14,16)(H,15,17). The van der Waals surface area contributed by atoms with Gasteiger partial charge in [0.15, 0.2) is 0 Å². The van der Waals surface area contributed by atoms with Gasteiger partial charge in [-0.1, -0.05) is 12.1 Å². The predicted octanol–water partition coefficient (Wildman–Crippen LogP) is 0.582. The number of carbonyl (C=O) groups is 2. The van der Waals surface area contributed by atoms with E-state index in [0.29, 0.717) is 5.69 Å². The molecule has 0 saturated heterocycles. The van der Waals surface area contributed by atoms with Gasteiger partial charge in [-0.3, -0.25) is 9.59 Å². The van der Waals surface area contributed by atoms with Crippen molar-refractivity contribution >= 4 is 17.5 Å². The summed E-state index contributed by atoms with van der Waals surface area (Å²) in [4.78, 5) is 22.1. The normalized spacial score (nSPS) is 11.6. The molecule has 2 amide bonds. The van der Waals surface area contributed by atoms with E-state index in [0.717, 1.165) is 5.56 Å². The van der Waals surface area contributed by atoms with Crippen LogP contribution in [0.25, 0.3) is 0 Å². The Morgan fingerprint density at radius 3 is 2.41 bits per heavy atom. The monoisotopic (exact) mass is 235 g/mol. The second-order valence-corrected chi connectivity index (χ2v) is 3.87. The number of nitrogens with one attached hydrogen (secondary N) is 2. The largest absolute Gasteiger partial charge is 0.399 e. The van der Waals surface area contributed by atoms with Crippen LogP contribution in [0.2, 0.25) is 0 Å². The van der Waals surface area contributed by atoms with Crippen molar-refractivity contribution in [3.63, 3.8) is 0 Å². The van der Waals surface area contributed by atoms with E-state index in [-0.39, 0.29) is 24.4 Å². The molecule has 1 atom stereocenters. The maximum Gasteiger partial charge on any atom is 0.239 e. The zero-order chi connectivity index (χ0) is 12.8. The van der Waals surface area contributed by atoms with Gasteiger partial charge in [-0.15, -0.1) is 0 Å². The van der Waals surface area contributed by atoms with E-state index in [1.54, 1.807) is 12.1 Å². The molecule has 1 aromatic rings. The summed E-state index contributed by atoms with van der Waals surface area (Å²) in [6.07, 6.45) is 0. The number of benzene rings is 1. The molecular formula is C12H17N3O2. The van der Waals surface area contributed by atoms with Gasteiger partial charge < -0.3 is 16.4 Å². The van der Waals surface area contributed by atoms with Crippen LogP contribution in [0.4, 0.5) is 5.69 Å². The first-order valence-electron chi connectivity index (χ1n) is 5.38. The Morgan fingerprint density at radius 1 is 1.29 bits per heavy atom. The fourth-order valence-electron chi connectivity index (χ4n) is 1.37. The Labute approximate surface area is 100 Å². The summed E-state index contributed by atoms with van der Waals surface area (Å²) < 4.78 is 0. The molecule has 0 aliphatic carbocycles. The summed E-state index contributed by atoms with van der Waals surface area (Å²) in [6, 6.07) is 7.17. The summed E-state index contributed by atoms with van der Waals surface area (Å²) in [6.45, 7) is 3.24. The molecule has 0 heterocycles. The number of hydrogen-bond donors (Lipinski definition) is 3. The second-order valence-electron chi connectivity index (χ2n) is 3.87. The molecule has 1 aromatic carbocycles. The van der Waals surface area contributed by atoms with E-state index in [1.807, 2.05) is 19.1 Å². The van der Waals surface area contributed by atoms with Crippen LogP contribution in [0, 0.1) is 0 Å². The first-order valence-corrected chi connectivity index (χ1v) is 5.38. The van der Waals surface area contributed by atoms with Crippen LogP contribution >= 0.6 is 0 Å². The second kappa shape index (κ2) is 5.89. The van der Waals surface area contributed by atoms with Gasteiger partial charge in [0.1, 0.15) is 0 Å². The third-order valence-corrected chi connectivity index (χ3v) is 2.31. The van der Waals surface area contributed by atoms with E-state index < -0.39 is 0 Å². The highest BCUT2D eigenvalue weighted by Gasteiger charge is 2.09. The number of rotatable bonds is 4. The Kier molecular flexibility index (Phi) is 4.51. The summed E-state index contributed by atoms with van der Waals surface area (Å²) in [5.41, 5.74) is 7.23. The smallest absolute Gasteiger partial charge is 0.239 e. The zero-order valence-electron chi connectivity index (χ0n) is 9.99. The van der Waals surface area contributed by atoms with Crippen molar-refractivity contribution in [1.29, 1.82) is 0 Å². The lowest BCUT2D eigenvalue weighted by Gasteiger charge is -2.14. The minimum atomic E-state index is -0.222. The van der Waals surface area contributed by atoms with Crippen LogP contribution in [0.1, 0.15) is 25.5 Å². The molecule has 0 radical (unpaired) electrons. The molecule has 0 aliphatic heterocycles. The van der Waals surface area contributed by atoms with Crippen molar-refractivity contribution in [1.82, 2.24) is 10.6 Å². The zero-order valence-corrected chi connectivity index (χ0v) is 9.99. The molecule has 0 saturated carbocycles. The van der Waals surface area contributed by atoms with Crippen LogP contribution in [0.5, 0.6) is 0 Å². The predicted molar refractivity (Wildman–Crippen MR) is 66.1 cm³/mol. The summed E-state index contributed by atoms with van der Waals surface area (Å²) in [7, 11) is 0. The van der Waals surface area contributed by atoms with Crippen LogP contribution < -0.4 is 16.4 Å². The number of anilines is 1. The van der Waals surface area contributed by atoms with E-state index >= 15 is 0 Å². The van der Waals surface area contributed by atoms with E-state index in [4.69, 9.17) is 5.73 Å². The molecular weight excluding hydrogens is 218 g/mol. The quantitative estimate of drug-likeness (QED) is 0.667. The average molecular weight is 235 g/mol. The van der Waals surface area contributed by atoms with Crippen molar-refractivity contribution in [2.24, 2.45) is 0 Å². The first-order chi connectivity index (χ1) is 7.99. The van der Waals surface area contributed by atoms with Crippen molar-refractivity contribution in [2.45, 2.75) is 19.9 Å². The van der Waals surface area contributed by atoms with Gasteiger partial charge in [0.25, 0.3) is 0 Å². The molecule has 0 spiro atoms. The maximum atomic E-state index is 11.4. The van der Waals surface area contributed by atoms with Crippen molar-refractivity contribution in [3.05, 3.63) is 29.8 Å². The van der Waals surface area contributed by atoms with Gasteiger partial charge in [0, 0.05) is 12.6 Å². The third-order valence-electron chi connectivity index (χ3n) is 2.31. The van der Waals surface area contributed by atoms with Crippen molar-refractivity contribution < 1.29 is 9.59 Å². The number of hydrogen-bond acceptors (Lipinski definition) is 3. The molecule has 0 bridgehead atoms. The highest BCUT2D eigenvalue weighted by atomic mass is 16.2. The number of nitrogens with two attached hydrogens (primary N) is 1. The first kappa shape index (κ1) is 13.0. The van der Waals surface area contributed by atoms with Gasteiger partial charge in [-0.2, -0.15) is 0 Å². The van der Waals surface area contributed by atoms with Gasteiger partial charge in [0.2, 0.25) is 11.8 Å². The van der Waals surface area contributed by atoms with Crippen LogP contribution in [0.15, 0.2) is 24.3 Å². The summed E-state index contributed by atoms with van der Waals surface area (Å²) >= 11 is 0. The lowest BCUT2D eigenvalue weighted by Crippen LogP contribution is -2.37. The molecule has 5 nitrogen and oxygen atoms in total. The van der Waals surface area contributed by atoms with E-state index in [1.165, 1.54) is 6.92 Å². The van der Waals surface area contributed by atoms with Gasteiger partial charge >= 0.3 is 0 Å². The Hall–Kier alpha value is -2.04. The fourth-order valence-corrected chi connectivity index (χ4v) is 1.37. The average Bonchev–Trinajstić information content (AvgIpc) is 2.27. The van der Waals surface area contributed by atoms with E-state index in [9.17, 15) is 9.59 Å². The molecule has 92 valence electrons. The van der Waals surface area contributed by atoms with Crippen LogP contribution in [-0.2, 0) is 9.59 Å². The molecule has 1 unspecified atom stereocenters. The van der Waals surface area contributed by atoms with Crippen LogP contribution in [-0.4, -0.2) is 18.4 Å². The van der Waals surface area contributed by atoms with Crippen LogP contribution in [0.3, 0.4) is 0 Å². The minimum absolute atomic E-state index is 0.00531. The molecule has 4 N–H and O–H groups in total. The topological polar surface area (TPSA) is 84.2 Å². The molecule has 0 aliphatic rings. The SMILES string of the molecule is CC(=O)NCC(=O)NC(C)c1ccc(N)cc1. The lowest BCUT2D eigenvalue weighted by atomic mass is 10.1. The third kappa shape index (κ3) is 4.55. The van der Waals surface area contributed by atoms with E-state index in [2.05, 4.69) is 10.6 Å². The van der Waals surface area contributed by atoms with Gasteiger partial charge in [0.05, 0.1) is 12.6 Å². The van der Waals surface area contributed by atoms with Gasteiger partial charge in [-0.05, 0) is 24.6 Å². The molecule has 17 heavy (non-hydrogen) atoms. The minimum Gasteiger partial charge on any atom is -0.399 e. The number of amides is 2. The van der Waals surface area contributed by atoms with Gasteiger partial charge in [-0.25, -0.2) is 0 Å². The summed E-state index contributed by atoms with van der Waals surface area (Å²) in [5, 5.41) is 5.22. The Bertz CT molecular complexity index is 401. The fraction of sp³-hybridized carbons (Fsp3) is 0.333. The van der Waals surface area contributed by atoms with Crippen molar-refractivity contribution in [3.8, 4) is 0 Å². The van der Waals surface area contributed by atoms with Crippen molar-refractivity contribution in [2.75, 3.05) is 12.3 Å². The summed E-state index contributed by atoms with van der Waals surface area (Å²) in [5.74, 6) is -0.440. The number of carbonyl (C=O) groups excluding carboxylic acids is 2. The Morgan fingerprint density at radius 2 is 1.88 bits per heavy atom. The Balaban J connectivity index is 2.48. The number of nitrogen functional groups attached to an aromatic ring is 1.